The average Bonchev–Trinajstić information content (AvgIpc) is 1.13. The molecule has 0 bridgehead atoms. The number of aliphatic hydroxyl groups is 1. The van der Waals surface area contributed by atoms with Gasteiger partial charge in [-0.3, -0.25) is 37.3 Å². The molecule has 98 heavy (non-hydrogen) atoms. The van der Waals surface area contributed by atoms with Crippen molar-refractivity contribution >= 4 is 39.5 Å². The smallest absolute Gasteiger partial charge is 0.462 e. The van der Waals surface area contributed by atoms with Crippen molar-refractivity contribution in [3.63, 3.8) is 0 Å². The third kappa shape index (κ3) is 72.4. The van der Waals surface area contributed by atoms with Gasteiger partial charge in [0.15, 0.2) is 12.2 Å². The zero-order chi connectivity index (χ0) is 71.8. The highest BCUT2D eigenvalue weighted by Crippen LogP contribution is 2.45. The number of phosphoric acid groups is 2. The van der Waals surface area contributed by atoms with Crippen molar-refractivity contribution in [1.82, 2.24) is 0 Å². The lowest BCUT2D eigenvalue weighted by Gasteiger charge is -2.21. The second-order valence-corrected chi connectivity index (χ2v) is 31.4. The SMILES string of the molecule is CCCCCCCCCCCCCCCCCCCCC(=O)OC[C@H](COP(=O)(O)OC[C@@H](O)COP(=O)(O)OC[C@@H](COC(=O)CCCCCCCCCC)OC(=O)CCCCCCCCCCCCCCCC)OC(=O)CCCCCCCCCCCCCCCCCCCC. The van der Waals surface area contributed by atoms with Crippen molar-refractivity contribution in [1.29, 1.82) is 0 Å². The molecule has 19 heteroatoms. The summed E-state index contributed by atoms with van der Waals surface area (Å²) in [7, 11) is -9.91. The molecule has 5 atom stereocenters. The van der Waals surface area contributed by atoms with Gasteiger partial charge in [0.05, 0.1) is 26.4 Å². The minimum atomic E-state index is -4.96. The van der Waals surface area contributed by atoms with Gasteiger partial charge in [-0.15, -0.1) is 0 Å². The molecule has 0 rings (SSSR count). The van der Waals surface area contributed by atoms with Gasteiger partial charge in [0.2, 0.25) is 0 Å². The van der Waals surface area contributed by atoms with Gasteiger partial charge < -0.3 is 33.8 Å². The van der Waals surface area contributed by atoms with Crippen LogP contribution >= 0.6 is 15.6 Å². The Morgan fingerprint density at radius 1 is 0.245 bits per heavy atom. The molecule has 17 nitrogen and oxygen atoms in total. The molecule has 0 aliphatic heterocycles. The van der Waals surface area contributed by atoms with Gasteiger partial charge in [-0.25, -0.2) is 9.13 Å². The molecular weight excluding hydrogens is 1280 g/mol. The monoisotopic (exact) mass is 1440 g/mol. The summed E-state index contributed by atoms with van der Waals surface area (Å²) in [4.78, 5) is 72.9. The lowest BCUT2D eigenvalue weighted by Crippen LogP contribution is -2.30. The maximum absolute atomic E-state index is 13.1. The number of ether oxygens (including phenoxy) is 4. The summed E-state index contributed by atoms with van der Waals surface area (Å²) in [6.45, 7) is 4.99. The Balaban J connectivity index is 5.20. The normalized spacial score (nSPS) is 13.8. The Labute approximate surface area is 600 Å². The van der Waals surface area contributed by atoms with Crippen molar-refractivity contribution in [2.24, 2.45) is 0 Å². The Morgan fingerprint density at radius 2 is 0.408 bits per heavy atom. The molecule has 0 aromatic rings. The van der Waals surface area contributed by atoms with Gasteiger partial charge in [-0.1, -0.05) is 374 Å². The lowest BCUT2D eigenvalue weighted by atomic mass is 10.0. The first-order valence-electron chi connectivity index (χ1n) is 41.3. The van der Waals surface area contributed by atoms with Crippen LogP contribution in [0.3, 0.4) is 0 Å². The molecule has 2 unspecified atom stereocenters. The molecule has 0 spiro atoms. The van der Waals surface area contributed by atoms with E-state index < -0.39 is 97.5 Å². The number of hydrogen-bond donors (Lipinski definition) is 3. The molecule has 3 N–H and O–H groups in total. The molecule has 0 aromatic carbocycles. The Kier molecular flexibility index (Phi) is 71.9. The standard InChI is InChI=1S/C79H154O17P2/c1-5-9-13-17-21-25-28-31-34-36-38-40-43-45-48-52-56-60-64-77(82)90-70-75(96-79(84)66-62-58-54-50-47-44-41-39-37-35-32-29-26-22-18-14-10-6-2)72-94-98(87,88)92-68-73(80)67-91-97(85,86)93-71-74(69-89-76(81)63-59-55-51-24-20-16-12-8-4)95-78(83)65-61-57-53-49-46-42-33-30-27-23-19-15-11-7-3/h73-75,80H,5-72H2,1-4H3,(H,85,86)(H,87,88)/t73-,74+,75+/m0/s1. The minimum absolute atomic E-state index is 0.108. The van der Waals surface area contributed by atoms with Gasteiger partial charge in [0.1, 0.15) is 19.3 Å². The van der Waals surface area contributed by atoms with Crippen LogP contribution in [-0.2, 0) is 65.4 Å². The Hall–Kier alpha value is -1.94. The van der Waals surface area contributed by atoms with Crippen LogP contribution in [-0.4, -0.2) is 96.7 Å². The number of aliphatic hydroxyl groups excluding tert-OH is 1. The summed E-state index contributed by atoms with van der Waals surface area (Å²) in [6.07, 6.45) is 65.2. The summed E-state index contributed by atoms with van der Waals surface area (Å²) in [5, 5.41) is 10.6. The van der Waals surface area contributed by atoms with Crippen LogP contribution < -0.4 is 0 Å². The third-order valence-electron chi connectivity index (χ3n) is 18.6. The van der Waals surface area contributed by atoms with Crippen molar-refractivity contribution in [3.05, 3.63) is 0 Å². The molecule has 0 fully saturated rings. The molecule has 0 aromatic heterocycles. The second-order valence-electron chi connectivity index (χ2n) is 28.5. The summed E-state index contributed by atoms with van der Waals surface area (Å²) in [5.41, 5.74) is 0. The topological polar surface area (TPSA) is 237 Å². The van der Waals surface area contributed by atoms with E-state index >= 15 is 0 Å². The quantitative estimate of drug-likeness (QED) is 0.0222. The first-order valence-corrected chi connectivity index (χ1v) is 44.3. The van der Waals surface area contributed by atoms with Gasteiger partial charge >= 0.3 is 39.5 Å². The molecule has 0 saturated carbocycles. The largest absolute Gasteiger partial charge is 0.472 e. The Bertz CT molecular complexity index is 1860. The third-order valence-corrected chi connectivity index (χ3v) is 20.5. The molecule has 0 amide bonds. The average molecular weight is 1440 g/mol. The zero-order valence-electron chi connectivity index (χ0n) is 63.8. The molecule has 0 radical (unpaired) electrons. The first-order chi connectivity index (χ1) is 47.7. The summed E-state index contributed by atoms with van der Waals surface area (Å²) >= 11 is 0. The van der Waals surface area contributed by atoms with Crippen LogP contribution in [0.15, 0.2) is 0 Å². The predicted octanol–water partition coefficient (Wildman–Crippen LogP) is 23.8. The fourth-order valence-corrected chi connectivity index (χ4v) is 13.9. The molecule has 0 heterocycles. The molecule has 0 aliphatic carbocycles. The van der Waals surface area contributed by atoms with E-state index in [1.54, 1.807) is 0 Å². The van der Waals surface area contributed by atoms with Gasteiger partial charge in [0.25, 0.3) is 0 Å². The van der Waals surface area contributed by atoms with Crippen molar-refractivity contribution in [3.8, 4) is 0 Å². The predicted molar refractivity (Wildman–Crippen MR) is 400 cm³/mol. The van der Waals surface area contributed by atoms with E-state index in [2.05, 4.69) is 27.7 Å². The molecule has 0 saturated heterocycles. The summed E-state index contributed by atoms with van der Waals surface area (Å²) in [6, 6.07) is 0. The highest BCUT2D eigenvalue weighted by atomic mass is 31.2. The van der Waals surface area contributed by atoms with E-state index in [1.807, 2.05) is 0 Å². The second kappa shape index (κ2) is 73.4. The summed E-state index contributed by atoms with van der Waals surface area (Å²) in [5.74, 6) is -2.11. The minimum Gasteiger partial charge on any atom is -0.462 e. The number of phosphoric ester groups is 2. The first kappa shape index (κ1) is 96.1. The van der Waals surface area contributed by atoms with Crippen molar-refractivity contribution in [2.45, 2.75) is 444 Å². The van der Waals surface area contributed by atoms with Crippen LogP contribution in [0.5, 0.6) is 0 Å². The maximum Gasteiger partial charge on any atom is 0.472 e. The van der Waals surface area contributed by atoms with Gasteiger partial charge in [-0.2, -0.15) is 0 Å². The van der Waals surface area contributed by atoms with Crippen LogP contribution in [0, 0.1) is 0 Å². The fourth-order valence-electron chi connectivity index (χ4n) is 12.3. The number of hydrogen-bond acceptors (Lipinski definition) is 15. The number of carbonyl (C=O) groups excluding carboxylic acids is 4. The van der Waals surface area contributed by atoms with Gasteiger partial charge in [-0.05, 0) is 25.7 Å². The van der Waals surface area contributed by atoms with E-state index in [0.717, 1.165) is 89.9 Å². The van der Waals surface area contributed by atoms with Crippen LogP contribution in [0.1, 0.15) is 426 Å². The number of rotatable bonds is 80. The highest BCUT2D eigenvalue weighted by molar-refractivity contribution is 7.47. The Morgan fingerprint density at radius 3 is 0.602 bits per heavy atom. The number of carbonyl (C=O) groups is 4. The number of esters is 4. The van der Waals surface area contributed by atoms with E-state index in [0.29, 0.717) is 25.7 Å². The molecule has 0 aliphatic rings. The summed E-state index contributed by atoms with van der Waals surface area (Å²) < 4.78 is 68.6. The van der Waals surface area contributed by atoms with E-state index in [9.17, 15) is 43.2 Å². The van der Waals surface area contributed by atoms with Crippen LogP contribution in [0.25, 0.3) is 0 Å². The van der Waals surface area contributed by atoms with E-state index in [1.165, 1.54) is 257 Å². The van der Waals surface area contributed by atoms with Crippen LogP contribution in [0.2, 0.25) is 0 Å². The molecular formula is C79H154O17P2. The highest BCUT2D eigenvalue weighted by Gasteiger charge is 2.30. The van der Waals surface area contributed by atoms with Crippen molar-refractivity contribution < 1.29 is 80.2 Å². The zero-order valence-corrected chi connectivity index (χ0v) is 65.6. The van der Waals surface area contributed by atoms with Crippen LogP contribution in [0.4, 0.5) is 0 Å². The van der Waals surface area contributed by atoms with E-state index in [-0.39, 0.29) is 25.7 Å². The van der Waals surface area contributed by atoms with E-state index in [4.69, 9.17) is 37.0 Å². The molecule has 582 valence electrons. The maximum atomic E-state index is 13.1. The van der Waals surface area contributed by atoms with Crippen molar-refractivity contribution in [2.75, 3.05) is 39.6 Å². The fraction of sp³-hybridized carbons (Fsp3) is 0.949. The van der Waals surface area contributed by atoms with Gasteiger partial charge in [0, 0.05) is 25.7 Å². The lowest BCUT2D eigenvalue weighted by molar-refractivity contribution is -0.161. The number of unbranched alkanes of at least 4 members (excludes halogenated alkanes) is 54.